The highest BCUT2D eigenvalue weighted by atomic mass is 35.5. The highest BCUT2D eigenvalue weighted by Gasteiger charge is 2.25. The first kappa shape index (κ1) is 22.8. The molecule has 6 nitrogen and oxygen atoms in total. The van der Waals surface area contributed by atoms with Gasteiger partial charge in [0.25, 0.3) is 0 Å². The topological polar surface area (TPSA) is 62.8 Å². The van der Waals surface area contributed by atoms with Crippen molar-refractivity contribution >= 4 is 17.5 Å². The van der Waals surface area contributed by atoms with E-state index in [1.54, 1.807) is 23.1 Å². The molecule has 1 amide bonds. The van der Waals surface area contributed by atoms with Gasteiger partial charge in [0, 0.05) is 32.1 Å². The Labute approximate surface area is 193 Å². The molecule has 0 aromatic heterocycles. The predicted molar refractivity (Wildman–Crippen MR) is 121 cm³/mol. The molecule has 1 fully saturated rings. The van der Waals surface area contributed by atoms with Gasteiger partial charge in [-0.3, -0.25) is 15.6 Å². The summed E-state index contributed by atoms with van der Waals surface area (Å²) in [7, 11) is 1.82. The zero-order valence-electron chi connectivity index (χ0n) is 18.2. The van der Waals surface area contributed by atoms with E-state index in [4.69, 9.17) is 21.1 Å². The lowest BCUT2D eigenvalue weighted by atomic mass is 9.99. The quantitative estimate of drug-likeness (QED) is 0.652. The first-order chi connectivity index (χ1) is 15.5. The van der Waals surface area contributed by atoms with Gasteiger partial charge in [0.1, 0.15) is 5.82 Å². The molecule has 0 aliphatic carbocycles. The van der Waals surface area contributed by atoms with Crippen LogP contribution in [0.1, 0.15) is 42.9 Å². The Morgan fingerprint density at radius 2 is 2.06 bits per heavy atom. The summed E-state index contributed by atoms with van der Waals surface area (Å²) >= 11 is 6.34. The molecule has 2 atom stereocenters. The molecular weight excluding hydrogens is 433 g/mol. The first-order valence-electron chi connectivity index (χ1n) is 11.1. The van der Waals surface area contributed by atoms with Gasteiger partial charge >= 0.3 is 0 Å². The summed E-state index contributed by atoms with van der Waals surface area (Å²) in [5.41, 5.74) is 8.30. The van der Waals surface area contributed by atoms with Gasteiger partial charge in [0.05, 0.1) is 24.7 Å². The molecular formula is C24H29ClFN3O3. The average molecular weight is 462 g/mol. The van der Waals surface area contributed by atoms with E-state index in [9.17, 15) is 9.18 Å². The van der Waals surface area contributed by atoms with Crippen LogP contribution in [-0.4, -0.2) is 43.7 Å². The van der Waals surface area contributed by atoms with Crippen molar-refractivity contribution in [3.05, 3.63) is 58.4 Å². The third kappa shape index (κ3) is 5.71. The Bertz CT molecular complexity index is 958. The number of carbonyl (C=O) groups is 1. The van der Waals surface area contributed by atoms with Crippen molar-refractivity contribution in [2.24, 2.45) is 0 Å². The van der Waals surface area contributed by atoms with Crippen molar-refractivity contribution in [3.63, 3.8) is 0 Å². The Hall–Kier alpha value is -2.35. The van der Waals surface area contributed by atoms with E-state index in [-0.39, 0.29) is 30.2 Å². The fourth-order valence-corrected chi connectivity index (χ4v) is 4.44. The molecule has 2 aromatic carbocycles. The molecule has 2 heterocycles. The van der Waals surface area contributed by atoms with Crippen LogP contribution in [0.4, 0.5) is 4.39 Å². The summed E-state index contributed by atoms with van der Waals surface area (Å²) < 4.78 is 24.8. The summed E-state index contributed by atoms with van der Waals surface area (Å²) in [5, 5.41) is 0.475. The Kier molecular flexibility index (Phi) is 7.50. The van der Waals surface area contributed by atoms with Crippen molar-refractivity contribution in [2.75, 3.05) is 26.8 Å². The number of hydrogen-bond acceptors (Lipinski definition) is 5. The smallest absolute Gasteiger partial charge is 0.226 e. The van der Waals surface area contributed by atoms with Gasteiger partial charge in [-0.2, -0.15) is 0 Å². The summed E-state index contributed by atoms with van der Waals surface area (Å²) in [6, 6.07) is 10.7. The predicted octanol–water partition coefficient (Wildman–Crippen LogP) is 4.03. The summed E-state index contributed by atoms with van der Waals surface area (Å²) in [5.74, 6) is 0.976. The van der Waals surface area contributed by atoms with Crippen LogP contribution < -0.4 is 20.3 Å². The number of nitrogens with one attached hydrogen (secondary N) is 2. The monoisotopic (exact) mass is 461 g/mol. The van der Waals surface area contributed by atoms with E-state index < -0.39 is 0 Å². The number of amides is 1. The van der Waals surface area contributed by atoms with Crippen LogP contribution in [0.5, 0.6) is 11.5 Å². The number of rotatable bonds is 7. The highest BCUT2D eigenvalue weighted by Crippen LogP contribution is 2.38. The molecule has 1 saturated heterocycles. The molecule has 2 unspecified atom stereocenters. The number of hydrazine groups is 1. The van der Waals surface area contributed by atoms with E-state index in [2.05, 4.69) is 10.9 Å². The van der Waals surface area contributed by atoms with Gasteiger partial charge in [-0.25, -0.2) is 4.39 Å². The molecule has 0 radical (unpaired) electrons. The van der Waals surface area contributed by atoms with Gasteiger partial charge in [-0.1, -0.05) is 23.7 Å². The number of carbonyl (C=O) groups excluding carboxylic acids is 1. The highest BCUT2D eigenvalue weighted by molar-refractivity contribution is 6.32. The number of halogens is 2. The summed E-state index contributed by atoms with van der Waals surface area (Å²) in [6.45, 7) is 1.81. The molecule has 172 valence electrons. The minimum Gasteiger partial charge on any atom is -0.489 e. The third-order valence-electron chi connectivity index (χ3n) is 5.92. The molecule has 2 aliphatic rings. The Morgan fingerprint density at radius 3 is 2.91 bits per heavy atom. The zero-order valence-corrected chi connectivity index (χ0v) is 19.0. The second-order valence-electron chi connectivity index (χ2n) is 8.42. The molecule has 2 N–H and O–H groups in total. The molecule has 0 bridgehead atoms. The van der Waals surface area contributed by atoms with Crippen LogP contribution in [0, 0.1) is 5.82 Å². The lowest BCUT2D eigenvalue weighted by Gasteiger charge is -2.19. The molecule has 2 aliphatic heterocycles. The summed E-state index contributed by atoms with van der Waals surface area (Å²) in [4.78, 5) is 14.5. The van der Waals surface area contributed by atoms with Crippen molar-refractivity contribution < 1.29 is 18.7 Å². The molecule has 2 aromatic rings. The molecule has 0 saturated carbocycles. The average Bonchev–Trinajstić information content (AvgIpc) is 3.11. The Balaban J connectivity index is 1.23. The van der Waals surface area contributed by atoms with Crippen molar-refractivity contribution in [3.8, 4) is 11.5 Å². The minimum atomic E-state index is -0.220. The number of hydrogen-bond donors (Lipinski definition) is 2. The van der Waals surface area contributed by atoms with E-state index in [1.165, 1.54) is 6.07 Å². The van der Waals surface area contributed by atoms with Gasteiger partial charge in [0.15, 0.2) is 11.5 Å². The van der Waals surface area contributed by atoms with Crippen LogP contribution in [0.2, 0.25) is 5.02 Å². The second kappa shape index (κ2) is 10.5. The van der Waals surface area contributed by atoms with E-state index in [1.807, 2.05) is 19.2 Å². The molecule has 4 rings (SSSR count). The Morgan fingerprint density at radius 1 is 1.22 bits per heavy atom. The fraction of sp³-hybridized carbons (Fsp3) is 0.458. The van der Waals surface area contributed by atoms with E-state index >= 15 is 0 Å². The number of ether oxygens (including phenoxy) is 2. The van der Waals surface area contributed by atoms with Crippen LogP contribution in [0.3, 0.4) is 0 Å². The maximum Gasteiger partial charge on any atom is 0.226 e. The van der Waals surface area contributed by atoms with Gasteiger partial charge in [-0.15, -0.1) is 0 Å². The SMILES string of the molecule is CN(CCCC1CC(c2cccc(F)c2)NN1)C(=O)Cc1cc(Cl)c2c(c1)OCCCO2. The minimum absolute atomic E-state index is 0.0331. The standard InChI is InChI=1S/C24H29ClFN3O3/c1-29(8-3-7-19-15-21(28-27-19)17-5-2-6-18(26)14-17)23(30)13-16-11-20(25)24-22(12-16)31-9-4-10-32-24/h2,5-6,11-12,14,19,21,27-28H,3-4,7-10,13,15H2,1H3. The van der Waals surface area contributed by atoms with Crippen molar-refractivity contribution in [2.45, 2.75) is 44.2 Å². The van der Waals surface area contributed by atoms with Gasteiger partial charge in [0.2, 0.25) is 5.91 Å². The largest absolute Gasteiger partial charge is 0.489 e. The molecule has 32 heavy (non-hydrogen) atoms. The molecule has 0 spiro atoms. The first-order valence-corrected chi connectivity index (χ1v) is 11.5. The van der Waals surface area contributed by atoms with Gasteiger partial charge < -0.3 is 14.4 Å². The van der Waals surface area contributed by atoms with E-state index in [0.717, 1.165) is 36.8 Å². The lowest BCUT2D eigenvalue weighted by molar-refractivity contribution is -0.129. The number of fused-ring (bicyclic) bond motifs is 1. The maximum absolute atomic E-state index is 13.5. The van der Waals surface area contributed by atoms with Crippen LogP contribution in [-0.2, 0) is 11.2 Å². The van der Waals surface area contributed by atoms with Crippen molar-refractivity contribution in [1.29, 1.82) is 0 Å². The lowest BCUT2D eigenvalue weighted by Crippen LogP contribution is -2.33. The third-order valence-corrected chi connectivity index (χ3v) is 6.20. The van der Waals surface area contributed by atoms with Crippen LogP contribution >= 0.6 is 11.6 Å². The van der Waals surface area contributed by atoms with Crippen LogP contribution in [0.15, 0.2) is 36.4 Å². The zero-order chi connectivity index (χ0) is 22.5. The number of benzene rings is 2. The van der Waals surface area contributed by atoms with Crippen molar-refractivity contribution in [1.82, 2.24) is 15.8 Å². The fourth-order valence-electron chi connectivity index (χ4n) is 4.15. The van der Waals surface area contributed by atoms with E-state index in [0.29, 0.717) is 36.3 Å². The number of likely N-dealkylation sites (N-methyl/N-ethyl adjacent to an activating group) is 1. The second-order valence-corrected chi connectivity index (χ2v) is 8.83. The van der Waals surface area contributed by atoms with Gasteiger partial charge in [-0.05, 0) is 54.7 Å². The molecule has 8 heteroatoms. The summed E-state index contributed by atoms with van der Waals surface area (Å²) in [6.07, 6.45) is 3.75. The number of nitrogens with zero attached hydrogens (tertiary/aromatic N) is 1. The normalized spacial score (nSPS) is 20.1. The van der Waals surface area contributed by atoms with Crippen LogP contribution in [0.25, 0.3) is 0 Å². The maximum atomic E-state index is 13.5.